The number of carbonyl (C=O) groups is 1. The van der Waals surface area contributed by atoms with E-state index in [1.807, 2.05) is 0 Å². The summed E-state index contributed by atoms with van der Waals surface area (Å²) >= 11 is 0. The Morgan fingerprint density at radius 3 is 1.41 bits per heavy atom. The number of fused-ring (bicyclic) bond motifs is 1. The molecule has 2 aromatic carbocycles. The quantitative estimate of drug-likeness (QED) is 0.165. The van der Waals surface area contributed by atoms with Crippen molar-refractivity contribution in [2.75, 3.05) is 51.6 Å². The van der Waals surface area contributed by atoms with Crippen LogP contribution in [0.5, 0.6) is 5.75 Å². The van der Waals surface area contributed by atoms with Gasteiger partial charge in [0.2, 0.25) is 11.6 Å². The third-order valence-electron chi connectivity index (χ3n) is 5.18. The highest BCUT2D eigenvalue weighted by Gasteiger charge is 2.60. The van der Waals surface area contributed by atoms with Gasteiger partial charge < -0.3 is 62.1 Å². The van der Waals surface area contributed by atoms with Crippen LogP contribution in [0.3, 0.4) is 0 Å². The first-order chi connectivity index (χ1) is 13.2. The van der Waals surface area contributed by atoms with Gasteiger partial charge in [-0.15, -0.1) is 0 Å². The summed E-state index contributed by atoms with van der Waals surface area (Å²) in [6.07, 6.45) is 0. The molecular weight excluding hydrogens is 380 g/mol. The van der Waals surface area contributed by atoms with Gasteiger partial charge in [-0.05, 0) is 0 Å². The van der Waals surface area contributed by atoms with Crippen molar-refractivity contribution < 1.29 is 9.53 Å². The summed E-state index contributed by atoms with van der Waals surface area (Å²) in [5.74, 6) is -3.65. The Morgan fingerprint density at radius 1 is 0.552 bits per heavy atom. The van der Waals surface area contributed by atoms with E-state index in [1.165, 1.54) is 0 Å². The lowest BCUT2D eigenvalue weighted by molar-refractivity contribution is -0.00617. The third kappa shape index (κ3) is 2.12. The molecule has 0 radical (unpaired) electrons. The molecule has 0 saturated heterocycles. The predicted octanol–water partition coefficient (Wildman–Crippen LogP) is -3.07. The Labute approximate surface area is 164 Å². The van der Waals surface area contributed by atoms with Crippen molar-refractivity contribution in [2.24, 2.45) is 17.2 Å². The minimum atomic E-state index is -2.43. The van der Waals surface area contributed by atoms with Gasteiger partial charge in [0, 0.05) is 5.56 Å². The van der Waals surface area contributed by atoms with Crippen molar-refractivity contribution in [2.45, 2.75) is 11.4 Å². The number of carbonyl (C=O) groups excluding carboxylic acids is 1. The number of hydrogen-bond acceptors (Lipinski definition) is 14. The first-order valence-corrected chi connectivity index (χ1v) is 8.08. The van der Waals surface area contributed by atoms with E-state index in [0.29, 0.717) is 0 Å². The fourth-order valence-electron chi connectivity index (χ4n) is 3.34. The monoisotopic (exact) mass is 404 g/mol. The molecule has 0 bridgehead atoms. The van der Waals surface area contributed by atoms with E-state index in [9.17, 15) is 4.79 Å². The largest absolute Gasteiger partial charge is 0.454 e. The molecule has 14 heteroatoms. The maximum Gasteiger partial charge on any atom is 0.243 e. The van der Waals surface area contributed by atoms with Crippen molar-refractivity contribution >= 4 is 57.0 Å². The van der Waals surface area contributed by atoms with Gasteiger partial charge in [-0.25, -0.2) is 0 Å². The normalized spacial score (nSPS) is 20.2. The molecule has 3 rings (SSSR count). The molecule has 0 fully saturated rings. The zero-order chi connectivity index (χ0) is 22.2. The Hall–Kier alpha value is -4.01. The molecule has 1 atom stereocenters. The second-order valence-corrected chi connectivity index (χ2v) is 6.83. The molecule has 156 valence electrons. The van der Waals surface area contributed by atoms with E-state index >= 15 is 0 Å². The summed E-state index contributed by atoms with van der Waals surface area (Å²) in [7, 11) is 0. The van der Waals surface area contributed by atoms with Crippen LogP contribution in [0.1, 0.15) is 15.9 Å². The molecule has 0 spiro atoms. The Morgan fingerprint density at radius 2 is 0.931 bits per heavy atom. The van der Waals surface area contributed by atoms with Gasteiger partial charge in [-0.1, -0.05) is 0 Å². The lowest BCUT2D eigenvalue weighted by Gasteiger charge is -2.46. The number of ether oxygens (including phenoxy) is 1. The summed E-state index contributed by atoms with van der Waals surface area (Å²) < 4.78 is 5.57. The average Bonchev–Trinajstić information content (AvgIpc) is 2.65. The van der Waals surface area contributed by atoms with Crippen LogP contribution in [0.4, 0.5) is 51.2 Å². The molecule has 1 aliphatic heterocycles. The van der Waals surface area contributed by atoms with Crippen molar-refractivity contribution in [1.82, 2.24) is 0 Å². The molecule has 1 aliphatic rings. The number of ketones is 1. The topological polar surface area (TPSA) is 339 Å². The number of nitrogen functional groups attached to an aromatic ring is 9. The zero-order valence-corrected chi connectivity index (χ0v) is 15.2. The number of nitrogens with two attached hydrogens (primary N) is 12. The van der Waals surface area contributed by atoms with E-state index < -0.39 is 17.2 Å². The van der Waals surface area contributed by atoms with Crippen LogP contribution in [0.25, 0.3) is 0 Å². The average molecular weight is 404 g/mol. The third-order valence-corrected chi connectivity index (χ3v) is 5.18. The van der Waals surface area contributed by atoms with Gasteiger partial charge >= 0.3 is 0 Å². The highest BCUT2D eigenvalue weighted by atomic mass is 16.5. The van der Waals surface area contributed by atoms with Gasteiger partial charge in [0.1, 0.15) is 5.69 Å². The fourth-order valence-corrected chi connectivity index (χ4v) is 3.34. The van der Waals surface area contributed by atoms with Gasteiger partial charge in [-0.2, -0.15) is 0 Å². The highest BCUT2D eigenvalue weighted by molar-refractivity contribution is 6.18. The maximum absolute atomic E-state index is 13.6. The molecule has 0 saturated carbocycles. The summed E-state index contributed by atoms with van der Waals surface area (Å²) in [6, 6.07) is 0. The van der Waals surface area contributed by atoms with Gasteiger partial charge in [-0.3, -0.25) is 16.3 Å². The van der Waals surface area contributed by atoms with Crippen molar-refractivity contribution in [3.63, 3.8) is 0 Å². The highest BCUT2D eigenvalue weighted by Crippen LogP contribution is 2.53. The second kappa shape index (κ2) is 5.51. The summed E-state index contributed by atoms with van der Waals surface area (Å²) in [6.45, 7) is 0. The zero-order valence-electron chi connectivity index (χ0n) is 15.2. The smallest absolute Gasteiger partial charge is 0.243 e. The van der Waals surface area contributed by atoms with E-state index in [2.05, 4.69) is 0 Å². The van der Waals surface area contributed by atoms with Gasteiger partial charge in [0.15, 0.2) is 11.3 Å². The number of hydrogen-bond donors (Lipinski definition) is 12. The van der Waals surface area contributed by atoms with Gasteiger partial charge in [0.05, 0.1) is 51.1 Å². The molecule has 14 nitrogen and oxygen atoms in total. The van der Waals surface area contributed by atoms with Crippen LogP contribution in [-0.2, 0) is 5.54 Å². The Bertz CT molecular complexity index is 1070. The minimum Gasteiger partial charge on any atom is -0.454 e. The van der Waals surface area contributed by atoms with Crippen molar-refractivity contribution in [3.8, 4) is 5.75 Å². The molecule has 2 aromatic rings. The molecule has 24 N–H and O–H groups in total. The van der Waals surface area contributed by atoms with E-state index in [-0.39, 0.29) is 68.1 Å². The molecule has 0 amide bonds. The standard InChI is InChI=1S/C15H24N12O2/c16-3-1-12(11(24)10(23)6(3)19)29-15(26,27)14(25,13(1)28)2-4(17)7(20)9(22)8(21)5(2)18/h16-27H2. The van der Waals surface area contributed by atoms with E-state index in [0.717, 1.165) is 0 Å². The molecule has 1 unspecified atom stereocenters. The van der Waals surface area contributed by atoms with Crippen molar-refractivity contribution in [1.29, 1.82) is 0 Å². The van der Waals surface area contributed by atoms with Crippen LogP contribution in [0.2, 0.25) is 0 Å². The second-order valence-electron chi connectivity index (χ2n) is 6.83. The van der Waals surface area contributed by atoms with Crippen LogP contribution >= 0.6 is 0 Å². The summed E-state index contributed by atoms with van der Waals surface area (Å²) in [5, 5.41) is 0. The van der Waals surface area contributed by atoms with Crippen LogP contribution in [0, 0.1) is 0 Å². The lowest BCUT2D eigenvalue weighted by Crippen LogP contribution is -2.77. The van der Waals surface area contributed by atoms with Gasteiger partial charge in [0.25, 0.3) is 0 Å². The van der Waals surface area contributed by atoms with Crippen LogP contribution in [-0.4, -0.2) is 11.6 Å². The lowest BCUT2D eigenvalue weighted by atomic mass is 9.74. The maximum atomic E-state index is 13.6. The number of anilines is 9. The first-order valence-electron chi connectivity index (χ1n) is 8.08. The SMILES string of the molecule is Nc1c(N)c(N)c(C2(N)C(=O)c3c(N)c(N)c(N)c(N)c3OC2(N)N)c(N)c1N. The molecule has 29 heavy (non-hydrogen) atoms. The Kier molecular flexibility index (Phi) is 3.75. The van der Waals surface area contributed by atoms with Crippen LogP contribution < -0.4 is 73.5 Å². The Balaban J connectivity index is 2.47. The number of benzene rings is 2. The van der Waals surface area contributed by atoms with E-state index in [4.69, 9.17) is 73.5 Å². The number of Topliss-reactive ketones (excluding diaryl/α,β-unsaturated/α-hetero) is 1. The molecule has 1 heterocycles. The number of rotatable bonds is 1. The van der Waals surface area contributed by atoms with Crippen LogP contribution in [0.15, 0.2) is 0 Å². The van der Waals surface area contributed by atoms with Crippen molar-refractivity contribution in [3.05, 3.63) is 11.1 Å². The molecule has 0 aromatic heterocycles. The molecule has 0 aliphatic carbocycles. The van der Waals surface area contributed by atoms with E-state index in [1.54, 1.807) is 0 Å². The summed E-state index contributed by atoms with van der Waals surface area (Å²) in [5.41, 5.74) is 67.2. The predicted molar refractivity (Wildman–Crippen MR) is 115 cm³/mol. The fraction of sp³-hybridized carbons (Fsp3) is 0.133. The minimum absolute atomic E-state index is 0.0997. The summed E-state index contributed by atoms with van der Waals surface area (Å²) in [4.78, 5) is 13.6. The first kappa shape index (κ1) is 19.7. The molecular formula is C15H24N12O2.